The molecule has 9 nitrogen and oxygen atoms in total. The molecular weight excluding hydrogens is 386 g/mol. The minimum atomic E-state index is -0.759. The number of aryl methyl sites for hydroxylation is 1. The molecule has 0 N–H and O–H groups in total. The lowest BCUT2D eigenvalue weighted by atomic mass is 10.1. The fraction of sp³-hybridized carbons (Fsp3) is 0.476. The number of hydrogen-bond acceptors (Lipinski definition) is 6. The van der Waals surface area contributed by atoms with Crippen molar-refractivity contribution in [2.75, 3.05) is 19.6 Å². The Kier molecular flexibility index (Phi) is 6.06. The molecule has 2 amide bonds. The highest BCUT2D eigenvalue weighted by molar-refractivity contribution is 5.78. The summed E-state index contributed by atoms with van der Waals surface area (Å²) in [5.74, 6) is -0.245. The zero-order valence-corrected chi connectivity index (χ0v) is 17.4. The molecule has 1 aromatic carbocycles. The molecule has 0 bridgehead atoms. The Morgan fingerprint density at radius 1 is 1.27 bits per heavy atom. The van der Waals surface area contributed by atoms with Gasteiger partial charge in [0.15, 0.2) is 0 Å². The van der Waals surface area contributed by atoms with Gasteiger partial charge < -0.3 is 14.5 Å². The minimum absolute atomic E-state index is 0.0601. The largest absolute Gasteiger partial charge is 0.444 e. The third-order valence-corrected chi connectivity index (χ3v) is 4.80. The van der Waals surface area contributed by atoms with Crippen LogP contribution in [0.1, 0.15) is 27.2 Å². The van der Waals surface area contributed by atoms with E-state index >= 15 is 0 Å². The topological polar surface area (TPSA) is 109 Å². The van der Waals surface area contributed by atoms with Gasteiger partial charge >= 0.3 is 6.09 Å². The summed E-state index contributed by atoms with van der Waals surface area (Å²) in [6.45, 7) is 6.11. The highest BCUT2D eigenvalue weighted by Crippen LogP contribution is 2.16. The first-order valence-corrected chi connectivity index (χ1v) is 9.81. The molecule has 0 radical (unpaired) electrons. The summed E-state index contributed by atoms with van der Waals surface area (Å²) in [7, 11) is 0. The molecule has 1 aliphatic rings. The first-order chi connectivity index (χ1) is 14.2. The Balaban J connectivity index is 1.63. The first-order valence-electron chi connectivity index (χ1n) is 9.81. The average molecular weight is 411 g/mol. The Labute approximate surface area is 174 Å². The zero-order valence-electron chi connectivity index (χ0n) is 17.4. The Morgan fingerprint density at radius 3 is 2.70 bits per heavy atom. The predicted molar refractivity (Wildman–Crippen MR) is 110 cm³/mol. The van der Waals surface area contributed by atoms with Crippen molar-refractivity contribution in [1.82, 2.24) is 19.4 Å². The number of carbonyl (C=O) groups is 2. The summed E-state index contributed by atoms with van der Waals surface area (Å²) in [4.78, 5) is 44.7. The normalized spacial score (nSPS) is 16.9. The molecule has 1 atom stereocenters. The number of nitrogens with zero attached hydrogens (tertiary/aromatic N) is 5. The number of fused-ring (bicyclic) bond motifs is 1. The molecule has 3 rings (SSSR count). The van der Waals surface area contributed by atoms with Crippen molar-refractivity contribution < 1.29 is 14.3 Å². The maximum absolute atomic E-state index is 12.7. The second-order valence-electron chi connectivity index (χ2n) is 8.17. The van der Waals surface area contributed by atoms with Crippen LogP contribution >= 0.6 is 0 Å². The number of piperazine rings is 1. The molecule has 1 saturated heterocycles. The summed E-state index contributed by atoms with van der Waals surface area (Å²) in [5, 5.41) is 10.00. The van der Waals surface area contributed by atoms with Gasteiger partial charge in [0.2, 0.25) is 5.91 Å². The molecule has 0 spiro atoms. The molecule has 158 valence electrons. The highest BCUT2D eigenvalue weighted by Gasteiger charge is 2.34. The standard InChI is InChI=1S/C21H25N5O4/c1-21(2,3)30-20(29)24-10-11-26(15(12-22)13-24)18(27)8-9-25-14-23-17-7-5-4-6-16(17)19(25)28/h4-7,14-15H,8-11,13H2,1-3H3/t15-/m0/s1. The molecule has 2 heterocycles. The lowest BCUT2D eigenvalue weighted by Gasteiger charge is -2.38. The van der Waals surface area contributed by atoms with E-state index in [4.69, 9.17) is 4.74 Å². The lowest BCUT2D eigenvalue weighted by molar-refractivity contribution is -0.134. The number of ether oxygens (including phenoxy) is 1. The summed E-state index contributed by atoms with van der Waals surface area (Å²) in [5.41, 5.74) is -0.235. The molecule has 1 aliphatic heterocycles. The lowest BCUT2D eigenvalue weighted by Crippen LogP contribution is -2.56. The molecule has 30 heavy (non-hydrogen) atoms. The number of aromatic nitrogens is 2. The Morgan fingerprint density at radius 2 is 2.00 bits per heavy atom. The van der Waals surface area contributed by atoms with Crippen LogP contribution in [0.25, 0.3) is 10.9 Å². The maximum atomic E-state index is 12.7. The van der Waals surface area contributed by atoms with E-state index in [9.17, 15) is 19.6 Å². The van der Waals surface area contributed by atoms with Crippen LogP contribution in [0.15, 0.2) is 35.4 Å². The van der Waals surface area contributed by atoms with Crippen LogP contribution in [0.5, 0.6) is 0 Å². The third-order valence-electron chi connectivity index (χ3n) is 4.80. The van der Waals surface area contributed by atoms with Crippen LogP contribution in [0.3, 0.4) is 0 Å². The first kappa shape index (κ1) is 21.3. The second kappa shape index (κ2) is 8.53. The fourth-order valence-corrected chi connectivity index (χ4v) is 3.31. The molecule has 9 heteroatoms. The smallest absolute Gasteiger partial charge is 0.410 e. The van der Waals surface area contributed by atoms with Gasteiger partial charge in [-0.3, -0.25) is 14.2 Å². The van der Waals surface area contributed by atoms with Crippen molar-refractivity contribution in [3.8, 4) is 6.07 Å². The molecule has 2 aromatic rings. The summed E-state index contributed by atoms with van der Waals surface area (Å²) < 4.78 is 6.75. The number of para-hydroxylation sites is 1. The van der Waals surface area contributed by atoms with Gasteiger partial charge in [0, 0.05) is 26.1 Å². The predicted octanol–water partition coefficient (Wildman–Crippen LogP) is 1.76. The molecular formula is C21H25N5O4. The number of carbonyl (C=O) groups excluding carboxylic acids is 2. The highest BCUT2D eigenvalue weighted by atomic mass is 16.6. The minimum Gasteiger partial charge on any atom is -0.444 e. The molecule has 1 fully saturated rings. The monoisotopic (exact) mass is 411 g/mol. The quantitative estimate of drug-likeness (QED) is 0.761. The van der Waals surface area contributed by atoms with E-state index in [1.807, 2.05) is 6.07 Å². The van der Waals surface area contributed by atoms with Gasteiger partial charge in [-0.1, -0.05) is 12.1 Å². The summed E-state index contributed by atoms with van der Waals surface area (Å²) in [6.07, 6.45) is 0.994. The summed E-state index contributed by atoms with van der Waals surface area (Å²) >= 11 is 0. The van der Waals surface area contributed by atoms with Gasteiger partial charge in [-0.25, -0.2) is 9.78 Å². The van der Waals surface area contributed by atoms with Crippen molar-refractivity contribution in [2.45, 2.75) is 45.4 Å². The second-order valence-corrected chi connectivity index (χ2v) is 8.17. The van der Waals surface area contributed by atoms with E-state index in [1.54, 1.807) is 39.0 Å². The Hall–Kier alpha value is -3.41. The molecule has 0 aliphatic carbocycles. The number of hydrogen-bond donors (Lipinski definition) is 0. The SMILES string of the molecule is CC(C)(C)OC(=O)N1CCN(C(=O)CCn2cnc3ccccc3c2=O)[C@@H](C#N)C1. The van der Waals surface area contributed by atoms with Gasteiger partial charge in [0.25, 0.3) is 5.56 Å². The van der Waals surface area contributed by atoms with Crippen LogP contribution in [-0.4, -0.2) is 62.6 Å². The van der Waals surface area contributed by atoms with Gasteiger partial charge in [-0.2, -0.15) is 5.26 Å². The van der Waals surface area contributed by atoms with E-state index < -0.39 is 17.7 Å². The number of nitriles is 1. The fourth-order valence-electron chi connectivity index (χ4n) is 3.31. The number of benzene rings is 1. The van der Waals surface area contributed by atoms with Gasteiger partial charge in [-0.05, 0) is 32.9 Å². The van der Waals surface area contributed by atoms with Gasteiger partial charge in [0.05, 0.1) is 29.8 Å². The van der Waals surface area contributed by atoms with E-state index in [0.717, 1.165) is 0 Å². The van der Waals surface area contributed by atoms with Gasteiger partial charge in [0.1, 0.15) is 11.6 Å². The van der Waals surface area contributed by atoms with Gasteiger partial charge in [-0.15, -0.1) is 0 Å². The van der Waals surface area contributed by atoms with Crippen molar-refractivity contribution in [1.29, 1.82) is 5.26 Å². The summed E-state index contributed by atoms with van der Waals surface area (Å²) in [6, 6.07) is 8.36. The van der Waals surface area contributed by atoms with Crippen molar-refractivity contribution in [3.05, 3.63) is 40.9 Å². The van der Waals surface area contributed by atoms with Crippen LogP contribution in [0, 0.1) is 11.3 Å². The number of amides is 2. The van der Waals surface area contributed by atoms with E-state index in [-0.39, 0.29) is 44.1 Å². The molecule has 1 aromatic heterocycles. The van der Waals surface area contributed by atoms with Crippen molar-refractivity contribution in [3.63, 3.8) is 0 Å². The average Bonchev–Trinajstić information content (AvgIpc) is 2.71. The Bertz CT molecular complexity index is 1050. The molecule has 0 saturated carbocycles. The van der Waals surface area contributed by atoms with Crippen LogP contribution in [-0.2, 0) is 16.1 Å². The van der Waals surface area contributed by atoms with Crippen molar-refractivity contribution in [2.24, 2.45) is 0 Å². The van der Waals surface area contributed by atoms with Crippen LogP contribution in [0.2, 0.25) is 0 Å². The number of rotatable bonds is 3. The van der Waals surface area contributed by atoms with Crippen molar-refractivity contribution >= 4 is 22.9 Å². The maximum Gasteiger partial charge on any atom is 0.410 e. The van der Waals surface area contributed by atoms with Crippen LogP contribution < -0.4 is 5.56 Å². The zero-order chi connectivity index (χ0) is 21.9. The van der Waals surface area contributed by atoms with E-state index in [2.05, 4.69) is 11.1 Å². The third kappa shape index (κ3) is 4.76. The van der Waals surface area contributed by atoms with Crippen LogP contribution in [0.4, 0.5) is 4.79 Å². The molecule has 0 unspecified atom stereocenters. The van der Waals surface area contributed by atoms with E-state index in [0.29, 0.717) is 10.9 Å². The van der Waals surface area contributed by atoms with E-state index in [1.165, 1.54) is 20.7 Å².